The van der Waals surface area contributed by atoms with Gasteiger partial charge in [-0.3, -0.25) is 4.79 Å². The van der Waals surface area contributed by atoms with E-state index < -0.39 is 0 Å². The number of amides is 1. The van der Waals surface area contributed by atoms with Gasteiger partial charge in [0.2, 0.25) is 11.8 Å². The molecule has 0 atom stereocenters. The van der Waals surface area contributed by atoms with Gasteiger partial charge in [-0.05, 0) is 24.6 Å². The molecule has 3 rings (SSSR count). The Bertz CT molecular complexity index is 855. The molecule has 1 N–H and O–H groups in total. The van der Waals surface area contributed by atoms with Gasteiger partial charge in [-0.2, -0.15) is 0 Å². The molecule has 0 radical (unpaired) electrons. The van der Waals surface area contributed by atoms with E-state index in [1.54, 1.807) is 31.3 Å². The third kappa shape index (κ3) is 6.82. The molecule has 1 saturated heterocycles. The summed E-state index contributed by atoms with van der Waals surface area (Å²) in [5.41, 5.74) is 0.939. The van der Waals surface area contributed by atoms with Crippen molar-refractivity contribution in [3.63, 3.8) is 0 Å². The Hall–Kier alpha value is -2.43. The average molecular weight is 527 g/mol. The number of rotatable bonds is 5. The molecule has 1 aliphatic rings. The summed E-state index contributed by atoms with van der Waals surface area (Å²) in [5, 5.41) is 3.31. The highest BCUT2D eigenvalue weighted by Gasteiger charge is 2.20. The maximum absolute atomic E-state index is 13.2. The van der Waals surface area contributed by atoms with E-state index in [1.165, 1.54) is 12.1 Å². The molecule has 1 fully saturated rings. The Kier molecular flexibility index (Phi) is 9.28. The third-order valence-electron chi connectivity index (χ3n) is 4.59. The van der Waals surface area contributed by atoms with Crippen LogP contribution in [-0.2, 0) is 11.3 Å². The zero-order chi connectivity index (χ0) is 20.6. The van der Waals surface area contributed by atoms with Gasteiger partial charge in [0.15, 0.2) is 5.96 Å². The first-order chi connectivity index (χ1) is 14.0. The van der Waals surface area contributed by atoms with Crippen molar-refractivity contribution in [2.75, 3.05) is 32.7 Å². The van der Waals surface area contributed by atoms with Crippen LogP contribution >= 0.6 is 24.0 Å². The lowest BCUT2D eigenvalue weighted by atomic mass is 10.3. The zero-order valence-electron chi connectivity index (χ0n) is 17.2. The molecule has 0 saturated carbocycles. The number of aliphatic imine (C=N–C) groups is 1. The van der Waals surface area contributed by atoms with Gasteiger partial charge in [-0.1, -0.05) is 12.1 Å². The maximum atomic E-state index is 13.2. The molecular formula is C21H27FIN5O2. The van der Waals surface area contributed by atoms with Crippen molar-refractivity contribution in [3.05, 3.63) is 54.0 Å². The van der Waals surface area contributed by atoms with Crippen LogP contribution in [0.3, 0.4) is 0 Å². The number of hydrogen-bond donors (Lipinski definition) is 1. The average Bonchev–Trinajstić information content (AvgIpc) is 2.72. The number of nitrogens with one attached hydrogen (secondary N) is 1. The van der Waals surface area contributed by atoms with Crippen LogP contribution in [0.15, 0.2) is 47.6 Å². The lowest BCUT2D eigenvalue weighted by Crippen LogP contribution is -2.53. The fraction of sp³-hybridized carbons (Fsp3) is 0.381. The number of nitrogens with zero attached hydrogens (tertiary/aromatic N) is 4. The molecule has 1 amide bonds. The van der Waals surface area contributed by atoms with Gasteiger partial charge >= 0.3 is 0 Å². The molecule has 2 aromatic rings. The smallest absolute Gasteiger partial charge is 0.219 e. The van der Waals surface area contributed by atoms with E-state index in [1.807, 2.05) is 17.9 Å². The minimum atomic E-state index is -0.353. The van der Waals surface area contributed by atoms with Gasteiger partial charge in [0.1, 0.15) is 11.6 Å². The van der Waals surface area contributed by atoms with Gasteiger partial charge in [-0.15, -0.1) is 24.0 Å². The van der Waals surface area contributed by atoms with Crippen LogP contribution in [0.4, 0.5) is 4.39 Å². The second-order valence-electron chi connectivity index (χ2n) is 6.73. The summed E-state index contributed by atoms with van der Waals surface area (Å²) in [6, 6.07) is 9.58. The van der Waals surface area contributed by atoms with Crippen molar-refractivity contribution >= 4 is 35.8 Å². The number of guanidine groups is 1. The molecule has 0 spiro atoms. The number of carbonyl (C=O) groups is 1. The molecule has 7 nitrogen and oxygen atoms in total. The summed E-state index contributed by atoms with van der Waals surface area (Å²) >= 11 is 0. The van der Waals surface area contributed by atoms with E-state index in [0.717, 1.165) is 31.2 Å². The van der Waals surface area contributed by atoms with Gasteiger partial charge in [-0.25, -0.2) is 14.4 Å². The van der Waals surface area contributed by atoms with Gasteiger partial charge in [0.25, 0.3) is 0 Å². The summed E-state index contributed by atoms with van der Waals surface area (Å²) in [4.78, 5) is 24.5. The normalized spacial score (nSPS) is 14.2. The maximum Gasteiger partial charge on any atom is 0.219 e. The Balaban J connectivity index is 0.00000320. The highest BCUT2D eigenvalue weighted by Crippen LogP contribution is 2.20. The van der Waals surface area contributed by atoms with Crippen molar-refractivity contribution in [2.24, 2.45) is 4.99 Å². The topological polar surface area (TPSA) is 70.1 Å². The van der Waals surface area contributed by atoms with Gasteiger partial charge in [0.05, 0.1) is 6.54 Å². The minimum Gasteiger partial charge on any atom is -0.439 e. The Morgan fingerprint density at radius 3 is 2.53 bits per heavy atom. The Morgan fingerprint density at radius 2 is 1.93 bits per heavy atom. The quantitative estimate of drug-likeness (QED) is 0.368. The van der Waals surface area contributed by atoms with Crippen LogP contribution in [0.25, 0.3) is 0 Å². The highest BCUT2D eigenvalue weighted by molar-refractivity contribution is 14.0. The molecule has 30 heavy (non-hydrogen) atoms. The predicted molar refractivity (Wildman–Crippen MR) is 125 cm³/mol. The van der Waals surface area contributed by atoms with E-state index in [-0.39, 0.29) is 35.7 Å². The van der Waals surface area contributed by atoms with Crippen LogP contribution in [0.5, 0.6) is 11.6 Å². The summed E-state index contributed by atoms with van der Waals surface area (Å²) < 4.78 is 18.8. The molecule has 0 aliphatic carbocycles. The summed E-state index contributed by atoms with van der Waals surface area (Å²) in [6.45, 7) is 7.78. The van der Waals surface area contributed by atoms with Crippen LogP contribution in [-0.4, -0.2) is 59.4 Å². The first-order valence-corrected chi connectivity index (χ1v) is 9.72. The summed E-state index contributed by atoms with van der Waals surface area (Å²) in [5.74, 6) is 1.39. The molecule has 1 aromatic heterocycles. The lowest BCUT2D eigenvalue weighted by Gasteiger charge is -2.36. The van der Waals surface area contributed by atoms with E-state index >= 15 is 0 Å². The Morgan fingerprint density at radius 1 is 1.20 bits per heavy atom. The third-order valence-corrected chi connectivity index (χ3v) is 4.59. The van der Waals surface area contributed by atoms with Crippen LogP contribution in [0, 0.1) is 5.82 Å². The fourth-order valence-corrected chi connectivity index (χ4v) is 3.04. The standard InChI is InChI=1S/C21H26FN5O2.HI/c1-3-23-21(27-11-9-26(10-12-27)16(2)28)25-15-17-7-8-20(24-14-17)29-19-6-4-5-18(22)13-19;/h4-8,13-14H,3,9-12,15H2,1-2H3,(H,23,25);1H. The first kappa shape index (κ1) is 23.8. The highest BCUT2D eigenvalue weighted by atomic mass is 127. The molecular weight excluding hydrogens is 500 g/mol. The number of carbonyl (C=O) groups excluding carboxylic acids is 1. The number of halogens is 2. The fourth-order valence-electron chi connectivity index (χ4n) is 3.04. The molecule has 1 aromatic carbocycles. The number of hydrogen-bond acceptors (Lipinski definition) is 4. The second-order valence-corrected chi connectivity index (χ2v) is 6.73. The van der Waals surface area contributed by atoms with E-state index in [0.29, 0.717) is 31.3 Å². The molecule has 162 valence electrons. The van der Waals surface area contributed by atoms with Crippen LogP contribution in [0.2, 0.25) is 0 Å². The van der Waals surface area contributed by atoms with E-state index in [4.69, 9.17) is 9.73 Å². The number of ether oxygens (including phenoxy) is 1. The van der Waals surface area contributed by atoms with Crippen molar-refractivity contribution in [1.29, 1.82) is 0 Å². The van der Waals surface area contributed by atoms with Gasteiger partial charge < -0.3 is 19.9 Å². The molecule has 2 heterocycles. The van der Waals surface area contributed by atoms with Crippen molar-refractivity contribution in [2.45, 2.75) is 20.4 Å². The van der Waals surface area contributed by atoms with Crippen molar-refractivity contribution < 1.29 is 13.9 Å². The molecule has 9 heteroatoms. The summed E-state index contributed by atoms with van der Waals surface area (Å²) in [7, 11) is 0. The number of piperazine rings is 1. The van der Waals surface area contributed by atoms with Crippen molar-refractivity contribution in [3.8, 4) is 11.6 Å². The minimum absolute atomic E-state index is 0. The molecule has 0 unspecified atom stereocenters. The Labute approximate surface area is 193 Å². The molecule has 0 bridgehead atoms. The van der Waals surface area contributed by atoms with Crippen LogP contribution in [0.1, 0.15) is 19.4 Å². The second kappa shape index (κ2) is 11.7. The van der Waals surface area contributed by atoms with Crippen molar-refractivity contribution in [1.82, 2.24) is 20.1 Å². The summed E-state index contributed by atoms with van der Waals surface area (Å²) in [6.07, 6.45) is 1.70. The van der Waals surface area contributed by atoms with Crippen LogP contribution < -0.4 is 10.1 Å². The number of aromatic nitrogens is 1. The number of pyridine rings is 1. The first-order valence-electron chi connectivity index (χ1n) is 9.72. The van der Waals surface area contributed by atoms with E-state index in [9.17, 15) is 9.18 Å². The van der Waals surface area contributed by atoms with Gasteiger partial charge in [0, 0.05) is 58.0 Å². The number of benzene rings is 1. The molecule has 1 aliphatic heterocycles. The zero-order valence-corrected chi connectivity index (χ0v) is 19.5. The predicted octanol–water partition coefficient (Wildman–Crippen LogP) is 3.26. The monoisotopic (exact) mass is 527 g/mol. The SMILES string of the molecule is CCNC(=NCc1ccc(Oc2cccc(F)c2)nc1)N1CCN(C(C)=O)CC1.I. The van der Waals surface area contributed by atoms with E-state index in [2.05, 4.69) is 15.2 Å². The largest absolute Gasteiger partial charge is 0.439 e. The lowest BCUT2D eigenvalue weighted by molar-refractivity contribution is -0.130.